The van der Waals surface area contributed by atoms with Crippen molar-refractivity contribution in [2.45, 2.75) is 23.8 Å². The fourth-order valence-electron chi connectivity index (χ4n) is 3.32. The molecule has 0 saturated carbocycles. The van der Waals surface area contributed by atoms with Crippen molar-refractivity contribution in [2.75, 3.05) is 27.2 Å². The number of sulfonamides is 1. The van der Waals surface area contributed by atoms with E-state index in [4.69, 9.17) is 0 Å². The van der Waals surface area contributed by atoms with Crippen LogP contribution in [-0.2, 0) is 17.1 Å². The number of aryl methyl sites for hydroxylation is 1. The number of piperidine rings is 1. The molecule has 0 spiro atoms. The number of rotatable bonds is 5. The number of amides is 1. The molecule has 2 N–H and O–H groups in total. The zero-order valence-electron chi connectivity index (χ0n) is 15.7. The van der Waals surface area contributed by atoms with Gasteiger partial charge in [0.25, 0.3) is 5.91 Å². The molecule has 1 amide bonds. The van der Waals surface area contributed by atoms with Crippen molar-refractivity contribution >= 4 is 15.9 Å². The van der Waals surface area contributed by atoms with Gasteiger partial charge in [0.15, 0.2) is 0 Å². The molecule has 1 aliphatic rings. The maximum atomic E-state index is 12.7. The lowest BCUT2D eigenvalue weighted by molar-refractivity contribution is 0.0417. The summed E-state index contributed by atoms with van der Waals surface area (Å²) in [5.74, 6) is 0.422. The number of likely N-dealkylation sites (tertiary alicyclic amines) is 1. The van der Waals surface area contributed by atoms with E-state index in [0.717, 1.165) is 4.31 Å². The fourth-order valence-corrected chi connectivity index (χ4v) is 4.22. The molecule has 0 aliphatic carbocycles. The Bertz CT molecular complexity index is 909. The Morgan fingerprint density at radius 3 is 2.59 bits per heavy atom. The van der Waals surface area contributed by atoms with Gasteiger partial charge in [-0.05, 0) is 24.8 Å². The summed E-state index contributed by atoms with van der Waals surface area (Å²) in [6, 6.07) is 1.37. The summed E-state index contributed by atoms with van der Waals surface area (Å²) < 4.78 is 27.2. The van der Waals surface area contributed by atoms with E-state index in [9.17, 15) is 18.3 Å². The zero-order valence-corrected chi connectivity index (χ0v) is 16.5. The van der Waals surface area contributed by atoms with Crippen LogP contribution < -0.4 is 0 Å². The highest BCUT2D eigenvalue weighted by Gasteiger charge is 2.31. The van der Waals surface area contributed by atoms with E-state index in [2.05, 4.69) is 9.97 Å². The van der Waals surface area contributed by atoms with Gasteiger partial charge in [-0.1, -0.05) is 0 Å². The van der Waals surface area contributed by atoms with Crippen molar-refractivity contribution in [1.29, 1.82) is 0 Å². The number of hydrogen-bond acceptors (Lipinski definition) is 5. The lowest BCUT2D eigenvalue weighted by Gasteiger charge is -2.33. The second-order valence-electron chi connectivity index (χ2n) is 7.01. The minimum Gasteiger partial charge on any atom is -0.385 e. The SMILES string of the molecule is CN(C)S(=O)(=O)c1c[nH]c(C(=O)N2CCC(C(O)c3nccn3C)CC2)c1. The third kappa shape index (κ3) is 3.78. The van der Waals surface area contributed by atoms with E-state index in [1.165, 1.54) is 26.4 Å². The molecule has 27 heavy (non-hydrogen) atoms. The lowest BCUT2D eigenvalue weighted by atomic mass is 9.90. The van der Waals surface area contributed by atoms with Gasteiger partial charge in [0.2, 0.25) is 10.0 Å². The van der Waals surface area contributed by atoms with Crippen molar-refractivity contribution in [3.8, 4) is 0 Å². The minimum absolute atomic E-state index is 0.0310. The maximum Gasteiger partial charge on any atom is 0.270 e. The molecule has 1 saturated heterocycles. The van der Waals surface area contributed by atoms with Gasteiger partial charge in [-0.2, -0.15) is 0 Å². The molecule has 2 aromatic rings. The lowest BCUT2D eigenvalue weighted by Crippen LogP contribution is -2.40. The highest BCUT2D eigenvalue weighted by Crippen LogP contribution is 2.30. The Hall–Kier alpha value is -2.17. The van der Waals surface area contributed by atoms with E-state index in [1.54, 1.807) is 21.9 Å². The maximum absolute atomic E-state index is 12.7. The average molecular weight is 395 g/mol. The predicted molar refractivity (Wildman–Crippen MR) is 98.5 cm³/mol. The molecule has 3 rings (SSSR count). The fraction of sp³-hybridized carbons (Fsp3) is 0.529. The van der Waals surface area contributed by atoms with Gasteiger partial charge in [0, 0.05) is 52.8 Å². The Kier molecular flexibility index (Phi) is 5.41. The largest absolute Gasteiger partial charge is 0.385 e. The summed E-state index contributed by atoms with van der Waals surface area (Å²) in [7, 11) is 1.15. The molecule has 9 nitrogen and oxygen atoms in total. The second-order valence-corrected chi connectivity index (χ2v) is 9.16. The van der Waals surface area contributed by atoms with Crippen LogP contribution in [0.1, 0.15) is 35.3 Å². The number of hydrogen-bond donors (Lipinski definition) is 2. The summed E-state index contributed by atoms with van der Waals surface area (Å²) >= 11 is 0. The normalized spacial score (nSPS) is 17.4. The molecule has 3 heterocycles. The van der Waals surface area contributed by atoms with Crippen LogP contribution in [0.4, 0.5) is 0 Å². The summed E-state index contributed by atoms with van der Waals surface area (Å²) in [6.45, 7) is 1.000. The van der Waals surface area contributed by atoms with Crippen LogP contribution in [-0.4, -0.2) is 70.4 Å². The van der Waals surface area contributed by atoms with Gasteiger partial charge < -0.3 is 19.6 Å². The molecule has 0 radical (unpaired) electrons. The van der Waals surface area contributed by atoms with Crippen molar-refractivity contribution in [3.63, 3.8) is 0 Å². The number of imidazole rings is 1. The molecule has 0 aromatic carbocycles. The molecule has 1 fully saturated rings. The van der Waals surface area contributed by atoms with E-state index >= 15 is 0 Å². The number of H-pyrrole nitrogens is 1. The standard InChI is InChI=1S/C17H25N5O4S/c1-20(2)27(25,26)13-10-14(19-11-13)17(24)22-7-4-12(5-8-22)15(23)16-18-6-9-21(16)3/h6,9-12,15,19,23H,4-5,7-8H2,1-3H3. The van der Waals surface area contributed by atoms with E-state index in [0.29, 0.717) is 31.8 Å². The Labute approximate surface area is 158 Å². The third-order valence-electron chi connectivity index (χ3n) is 5.06. The monoisotopic (exact) mass is 395 g/mol. The minimum atomic E-state index is -3.58. The first-order chi connectivity index (χ1) is 12.7. The van der Waals surface area contributed by atoms with Crippen molar-refractivity contribution in [2.24, 2.45) is 13.0 Å². The van der Waals surface area contributed by atoms with Crippen LogP contribution in [0.25, 0.3) is 0 Å². The Balaban J connectivity index is 1.64. The number of nitrogens with one attached hydrogen (secondary N) is 1. The van der Waals surface area contributed by atoms with Crippen LogP contribution in [0.2, 0.25) is 0 Å². The smallest absolute Gasteiger partial charge is 0.270 e. The Morgan fingerprint density at radius 2 is 2.04 bits per heavy atom. The molecule has 1 unspecified atom stereocenters. The van der Waals surface area contributed by atoms with Crippen LogP contribution >= 0.6 is 0 Å². The first-order valence-corrected chi connectivity index (χ1v) is 10.2. The average Bonchev–Trinajstić information content (AvgIpc) is 3.30. The summed E-state index contributed by atoms with van der Waals surface area (Å²) in [4.78, 5) is 21.4. The van der Waals surface area contributed by atoms with Crippen LogP contribution in [0, 0.1) is 5.92 Å². The van der Waals surface area contributed by atoms with Gasteiger partial charge in [0.05, 0.1) is 0 Å². The number of aliphatic hydroxyl groups is 1. The van der Waals surface area contributed by atoms with Crippen LogP contribution in [0.5, 0.6) is 0 Å². The summed E-state index contributed by atoms with van der Waals surface area (Å²) in [5, 5.41) is 10.5. The molecule has 0 bridgehead atoms. The number of carbonyl (C=O) groups is 1. The Morgan fingerprint density at radius 1 is 1.37 bits per heavy atom. The summed E-state index contributed by atoms with van der Waals surface area (Å²) in [6.07, 6.45) is 5.43. The van der Waals surface area contributed by atoms with Crippen LogP contribution in [0.3, 0.4) is 0 Å². The highest BCUT2D eigenvalue weighted by atomic mass is 32.2. The van der Waals surface area contributed by atoms with Crippen LogP contribution in [0.15, 0.2) is 29.6 Å². The topological polar surface area (TPSA) is 112 Å². The second kappa shape index (κ2) is 7.45. The first-order valence-electron chi connectivity index (χ1n) is 8.77. The molecular formula is C17H25N5O4S. The number of carbonyl (C=O) groups excluding carboxylic acids is 1. The van der Waals surface area contributed by atoms with Gasteiger partial charge in [-0.15, -0.1) is 0 Å². The molecule has 1 atom stereocenters. The molecule has 1 aliphatic heterocycles. The molecule has 148 valence electrons. The van der Waals surface area contributed by atoms with E-state index in [1.807, 2.05) is 7.05 Å². The molecular weight excluding hydrogens is 370 g/mol. The molecule has 2 aromatic heterocycles. The number of aromatic nitrogens is 3. The predicted octanol–water partition coefficient (Wildman–Crippen LogP) is 0.584. The van der Waals surface area contributed by atoms with Gasteiger partial charge in [-0.25, -0.2) is 17.7 Å². The zero-order chi connectivity index (χ0) is 19.8. The number of aromatic amines is 1. The number of nitrogens with zero attached hydrogens (tertiary/aromatic N) is 4. The number of aliphatic hydroxyl groups excluding tert-OH is 1. The van der Waals surface area contributed by atoms with E-state index < -0.39 is 16.1 Å². The highest BCUT2D eigenvalue weighted by molar-refractivity contribution is 7.89. The van der Waals surface area contributed by atoms with Crippen molar-refractivity contribution in [1.82, 2.24) is 23.7 Å². The quantitative estimate of drug-likeness (QED) is 0.769. The molecule has 10 heteroatoms. The van der Waals surface area contributed by atoms with Gasteiger partial charge >= 0.3 is 0 Å². The van der Waals surface area contributed by atoms with E-state index in [-0.39, 0.29) is 22.4 Å². The summed E-state index contributed by atoms with van der Waals surface area (Å²) in [5.41, 5.74) is 0.249. The van der Waals surface area contributed by atoms with Crippen molar-refractivity contribution < 1.29 is 18.3 Å². The first kappa shape index (κ1) is 19.6. The third-order valence-corrected chi connectivity index (χ3v) is 6.85. The van der Waals surface area contributed by atoms with Crippen molar-refractivity contribution in [3.05, 3.63) is 36.2 Å². The van der Waals surface area contributed by atoms with Gasteiger partial charge in [-0.3, -0.25) is 4.79 Å². The van der Waals surface area contributed by atoms with Gasteiger partial charge in [0.1, 0.15) is 22.5 Å².